The fraction of sp³-hybridized carbons (Fsp3) is 0.278. The highest BCUT2D eigenvalue weighted by molar-refractivity contribution is 8.01. The van der Waals surface area contributed by atoms with Gasteiger partial charge in [0.2, 0.25) is 5.91 Å². The van der Waals surface area contributed by atoms with Crippen LogP contribution in [0.15, 0.2) is 44.3 Å². The number of H-pyrrole nitrogens is 1. The molecule has 0 spiro atoms. The van der Waals surface area contributed by atoms with Gasteiger partial charge in [0.25, 0.3) is 5.56 Å². The molecule has 11 heteroatoms. The third-order valence-corrected chi connectivity index (χ3v) is 6.07. The first kappa shape index (κ1) is 20.8. The highest BCUT2D eigenvalue weighted by Crippen LogP contribution is 2.24. The van der Waals surface area contributed by atoms with E-state index in [0.29, 0.717) is 4.34 Å². The number of amides is 1. The predicted octanol–water partition coefficient (Wildman–Crippen LogP) is 1.47. The monoisotopic (exact) mass is 432 g/mol. The quantitative estimate of drug-likeness (QED) is 0.541. The van der Waals surface area contributed by atoms with Gasteiger partial charge in [0.05, 0.1) is 12.3 Å². The Balaban J connectivity index is 1.90. The van der Waals surface area contributed by atoms with Crippen LogP contribution < -0.4 is 21.9 Å². The average molecular weight is 433 g/mol. The largest absolute Gasteiger partial charge is 0.383 e. The summed E-state index contributed by atoms with van der Waals surface area (Å²) in [5.41, 5.74) is 5.68. The number of hydrogen-bond donors (Lipinski definition) is 2. The number of nitrogens with zero attached hydrogens (tertiary/aromatic N) is 4. The van der Waals surface area contributed by atoms with Gasteiger partial charge < -0.3 is 10.6 Å². The molecule has 0 atom stereocenters. The highest BCUT2D eigenvalue weighted by atomic mass is 32.2. The summed E-state index contributed by atoms with van der Waals surface area (Å²) >= 11 is 2.63. The summed E-state index contributed by atoms with van der Waals surface area (Å²) in [6.45, 7) is 3.98. The Labute approximate surface area is 174 Å². The summed E-state index contributed by atoms with van der Waals surface area (Å²) in [6.07, 6.45) is 0. The zero-order chi connectivity index (χ0) is 21.0. The van der Waals surface area contributed by atoms with Gasteiger partial charge >= 0.3 is 5.69 Å². The minimum absolute atomic E-state index is 0.0259. The number of anilines is 2. The molecule has 0 unspecified atom stereocenters. The predicted molar refractivity (Wildman–Crippen MR) is 115 cm³/mol. The van der Waals surface area contributed by atoms with Crippen LogP contribution in [0, 0.1) is 6.92 Å². The number of thioether (sulfide) groups is 1. The van der Waals surface area contributed by atoms with Crippen molar-refractivity contribution >= 4 is 40.5 Å². The summed E-state index contributed by atoms with van der Waals surface area (Å²) < 4.78 is 1.92. The second kappa shape index (κ2) is 9.05. The van der Waals surface area contributed by atoms with E-state index in [9.17, 15) is 14.4 Å². The van der Waals surface area contributed by atoms with Gasteiger partial charge in [-0.15, -0.1) is 10.2 Å². The molecule has 0 aliphatic rings. The Kier molecular flexibility index (Phi) is 6.49. The van der Waals surface area contributed by atoms with Crippen molar-refractivity contribution in [2.24, 2.45) is 0 Å². The third kappa shape index (κ3) is 4.74. The Morgan fingerprint density at radius 1 is 1.28 bits per heavy atom. The van der Waals surface area contributed by atoms with Crippen LogP contribution in [0.4, 0.5) is 11.5 Å². The molecule has 1 aromatic carbocycles. The summed E-state index contributed by atoms with van der Waals surface area (Å²) in [6, 6.07) is 9.25. The summed E-state index contributed by atoms with van der Waals surface area (Å²) in [4.78, 5) is 41.1. The summed E-state index contributed by atoms with van der Waals surface area (Å²) in [5.74, 6) is -0.291. The van der Waals surface area contributed by atoms with Gasteiger partial charge in [0.1, 0.15) is 10.8 Å². The van der Waals surface area contributed by atoms with Crippen LogP contribution in [0.5, 0.6) is 0 Å². The fourth-order valence-electron chi connectivity index (χ4n) is 2.76. The van der Waals surface area contributed by atoms with Gasteiger partial charge in [-0.25, -0.2) is 4.79 Å². The zero-order valence-electron chi connectivity index (χ0n) is 15.9. The van der Waals surface area contributed by atoms with E-state index in [-0.39, 0.29) is 36.3 Å². The number of nitrogens with one attached hydrogen (secondary N) is 1. The van der Waals surface area contributed by atoms with Gasteiger partial charge in [-0.05, 0) is 19.4 Å². The second-order valence-electron chi connectivity index (χ2n) is 6.08. The molecule has 3 N–H and O–H groups in total. The Morgan fingerprint density at radius 3 is 2.62 bits per heavy atom. The molecule has 9 nitrogen and oxygen atoms in total. The van der Waals surface area contributed by atoms with E-state index in [1.807, 2.05) is 37.3 Å². The lowest BCUT2D eigenvalue weighted by atomic mass is 10.2. The first-order valence-electron chi connectivity index (χ1n) is 8.80. The van der Waals surface area contributed by atoms with Gasteiger partial charge in [-0.1, -0.05) is 53.4 Å². The number of benzene rings is 1. The normalized spacial score (nSPS) is 10.8. The van der Waals surface area contributed by atoms with Crippen molar-refractivity contribution in [2.45, 2.75) is 24.7 Å². The van der Waals surface area contributed by atoms with Crippen molar-refractivity contribution in [1.29, 1.82) is 0 Å². The molecule has 0 radical (unpaired) electrons. The van der Waals surface area contributed by atoms with Gasteiger partial charge in [-0.3, -0.25) is 19.1 Å². The molecular formula is C18H20N6O3S2. The van der Waals surface area contributed by atoms with E-state index in [2.05, 4.69) is 15.2 Å². The van der Waals surface area contributed by atoms with Crippen LogP contribution in [-0.2, 0) is 11.3 Å². The minimum atomic E-state index is -0.691. The van der Waals surface area contributed by atoms with Crippen molar-refractivity contribution in [1.82, 2.24) is 19.7 Å². The number of aromatic amines is 1. The van der Waals surface area contributed by atoms with E-state index >= 15 is 0 Å². The maximum atomic E-state index is 12.8. The Bertz CT molecular complexity index is 1120. The van der Waals surface area contributed by atoms with Crippen LogP contribution in [-0.4, -0.2) is 38.0 Å². The standard InChI is InChI=1S/C18H20N6O3S2/c1-3-23(13(25)10-28-18-22-21-11(2)29-18)14-15(19)24(17(27)20-16(14)26)9-12-7-5-4-6-8-12/h4-8H,3,9-10,19H2,1-2H3,(H,20,26,27). The second-order valence-corrected chi connectivity index (χ2v) is 8.48. The van der Waals surface area contributed by atoms with E-state index < -0.39 is 11.2 Å². The topological polar surface area (TPSA) is 127 Å². The molecule has 0 aliphatic carbocycles. The smallest absolute Gasteiger partial charge is 0.330 e. The number of aryl methyl sites for hydroxylation is 1. The number of carbonyl (C=O) groups is 1. The Hall–Kier alpha value is -2.92. The number of nitrogen functional groups attached to an aromatic ring is 1. The lowest BCUT2D eigenvalue weighted by Gasteiger charge is -2.23. The van der Waals surface area contributed by atoms with E-state index in [1.165, 1.54) is 32.6 Å². The van der Waals surface area contributed by atoms with Crippen LogP contribution >= 0.6 is 23.1 Å². The molecule has 2 aromatic heterocycles. The van der Waals surface area contributed by atoms with Crippen molar-refractivity contribution in [3.8, 4) is 0 Å². The molecule has 2 heterocycles. The first-order chi connectivity index (χ1) is 13.9. The number of nitrogens with two attached hydrogens (primary N) is 1. The number of hydrogen-bond acceptors (Lipinski definition) is 8. The summed E-state index contributed by atoms with van der Waals surface area (Å²) in [5, 5.41) is 8.70. The number of rotatable bonds is 7. The number of aromatic nitrogens is 4. The minimum Gasteiger partial charge on any atom is -0.383 e. The maximum absolute atomic E-state index is 12.8. The maximum Gasteiger partial charge on any atom is 0.330 e. The van der Waals surface area contributed by atoms with Crippen molar-refractivity contribution < 1.29 is 4.79 Å². The molecule has 29 heavy (non-hydrogen) atoms. The van der Waals surface area contributed by atoms with Crippen LogP contribution in [0.2, 0.25) is 0 Å². The third-order valence-electron chi connectivity index (χ3n) is 4.11. The van der Waals surface area contributed by atoms with Crippen LogP contribution in [0.3, 0.4) is 0 Å². The number of carbonyl (C=O) groups excluding carboxylic acids is 1. The molecule has 3 aromatic rings. The average Bonchev–Trinajstić information content (AvgIpc) is 3.12. The molecule has 0 saturated heterocycles. The van der Waals surface area contributed by atoms with Crippen molar-refractivity contribution in [2.75, 3.05) is 22.9 Å². The van der Waals surface area contributed by atoms with E-state index in [4.69, 9.17) is 5.73 Å². The van der Waals surface area contributed by atoms with Gasteiger partial charge in [0.15, 0.2) is 10.0 Å². The molecule has 1 amide bonds. The van der Waals surface area contributed by atoms with Gasteiger partial charge in [-0.2, -0.15) is 0 Å². The van der Waals surface area contributed by atoms with E-state index in [0.717, 1.165) is 10.6 Å². The molecular weight excluding hydrogens is 412 g/mol. The summed E-state index contributed by atoms with van der Waals surface area (Å²) in [7, 11) is 0. The molecule has 3 rings (SSSR count). The molecule has 152 valence electrons. The lowest BCUT2D eigenvalue weighted by molar-refractivity contribution is -0.116. The van der Waals surface area contributed by atoms with Gasteiger partial charge in [0, 0.05) is 6.54 Å². The molecule has 0 aliphatic heterocycles. The van der Waals surface area contributed by atoms with Crippen molar-refractivity contribution in [3.05, 3.63) is 61.7 Å². The van der Waals surface area contributed by atoms with Crippen LogP contribution in [0.1, 0.15) is 17.5 Å². The highest BCUT2D eigenvalue weighted by Gasteiger charge is 2.23. The fourth-order valence-corrected chi connectivity index (χ4v) is 4.45. The van der Waals surface area contributed by atoms with Crippen LogP contribution in [0.25, 0.3) is 0 Å². The Morgan fingerprint density at radius 2 is 2.00 bits per heavy atom. The molecule has 0 bridgehead atoms. The lowest BCUT2D eigenvalue weighted by Crippen LogP contribution is -2.41. The van der Waals surface area contributed by atoms with E-state index in [1.54, 1.807) is 6.92 Å². The van der Waals surface area contributed by atoms with Crippen molar-refractivity contribution in [3.63, 3.8) is 0 Å². The first-order valence-corrected chi connectivity index (χ1v) is 10.6. The zero-order valence-corrected chi connectivity index (χ0v) is 17.5. The SMILES string of the molecule is CCN(C(=O)CSc1nnc(C)s1)c1c(N)n(Cc2ccccc2)c(=O)[nH]c1=O. The molecule has 0 saturated carbocycles. The molecule has 0 fully saturated rings.